The van der Waals surface area contributed by atoms with E-state index in [9.17, 15) is 14.4 Å². The highest BCUT2D eigenvalue weighted by Gasteiger charge is 2.41. The number of halogens is 1. The van der Waals surface area contributed by atoms with Crippen molar-refractivity contribution in [2.45, 2.75) is 91.5 Å². The van der Waals surface area contributed by atoms with Gasteiger partial charge in [0.25, 0.3) is 5.91 Å². The number of rotatable bonds is 7. The van der Waals surface area contributed by atoms with Crippen LogP contribution in [0.25, 0.3) is 0 Å². The lowest BCUT2D eigenvalue weighted by Gasteiger charge is -2.43. The predicted molar refractivity (Wildman–Crippen MR) is 147 cm³/mol. The Labute approximate surface area is 224 Å². The van der Waals surface area contributed by atoms with Crippen LogP contribution in [0.15, 0.2) is 36.4 Å². The smallest absolute Gasteiger partial charge is 0.408 e. The van der Waals surface area contributed by atoms with Gasteiger partial charge in [0.1, 0.15) is 17.7 Å². The van der Waals surface area contributed by atoms with E-state index >= 15 is 0 Å². The summed E-state index contributed by atoms with van der Waals surface area (Å²) in [6.07, 6.45) is 1.85. The van der Waals surface area contributed by atoms with Gasteiger partial charge in [-0.2, -0.15) is 0 Å². The van der Waals surface area contributed by atoms with Gasteiger partial charge in [-0.1, -0.05) is 41.9 Å². The molecule has 1 saturated carbocycles. The van der Waals surface area contributed by atoms with Crippen molar-refractivity contribution in [3.8, 4) is 0 Å². The van der Waals surface area contributed by atoms with Gasteiger partial charge in [-0.3, -0.25) is 9.59 Å². The van der Waals surface area contributed by atoms with Gasteiger partial charge in [-0.15, -0.1) is 0 Å². The highest BCUT2D eigenvalue weighted by atomic mass is 35.5. The van der Waals surface area contributed by atoms with Gasteiger partial charge in [0.15, 0.2) is 0 Å². The Bertz CT molecular complexity index is 1150. The lowest BCUT2D eigenvalue weighted by atomic mass is 9.87. The molecule has 1 aliphatic rings. The molecule has 7 nitrogen and oxygen atoms in total. The largest absolute Gasteiger partial charge is 0.444 e. The topological polar surface area (TPSA) is 87.7 Å². The summed E-state index contributed by atoms with van der Waals surface area (Å²) in [5, 5.41) is 6.06. The van der Waals surface area contributed by atoms with Crippen LogP contribution >= 0.6 is 11.6 Å². The van der Waals surface area contributed by atoms with Crippen LogP contribution in [0.2, 0.25) is 5.02 Å². The maximum absolute atomic E-state index is 14.0. The number of hydrogen-bond acceptors (Lipinski definition) is 4. The first-order valence-corrected chi connectivity index (χ1v) is 13.1. The summed E-state index contributed by atoms with van der Waals surface area (Å²) in [5.74, 6) is -0.700. The molecule has 0 radical (unpaired) electrons. The van der Waals surface area contributed by atoms with Gasteiger partial charge in [0.05, 0.1) is 10.7 Å². The van der Waals surface area contributed by atoms with Crippen LogP contribution < -0.4 is 10.6 Å². The van der Waals surface area contributed by atoms with Gasteiger partial charge >= 0.3 is 6.09 Å². The van der Waals surface area contributed by atoms with Gasteiger partial charge < -0.3 is 20.3 Å². The lowest BCUT2D eigenvalue weighted by Crippen LogP contribution is -2.56. The quantitative estimate of drug-likeness (QED) is 0.446. The maximum Gasteiger partial charge on any atom is 0.408 e. The van der Waals surface area contributed by atoms with E-state index in [1.54, 1.807) is 38.7 Å². The standard InChI is InChI=1S/C29H38ClN3O4/c1-17-14-15-21(16-19(17)3)25(26(34)32-24-18(2)10-8-13-23(24)30)33(22-11-9-12-22)27(35)20(4)31-28(36)37-29(5,6)7/h8,10,13-16,20,22,25H,9,11-12H2,1-7H3,(H,31,36)(H,32,34). The fraction of sp³-hybridized carbons (Fsp3) is 0.483. The third kappa shape index (κ3) is 7.04. The number of anilines is 1. The number of alkyl carbamates (subject to hydrolysis) is 1. The van der Waals surface area contributed by atoms with E-state index in [1.807, 2.05) is 51.1 Å². The summed E-state index contributed by atoms with van der Waals surface area (Å²) in [4.78, 5) is 41.9. The average molecular weight is 528 g/mol. The fourth-order valence-corrected chi connectivity index (χ4v) is 4.58. The fourth-order valence-electron chi connectivity index (χ4n) is 4.31. The van der Waals surface area contributed by atoms with Crippen molar-refractivity contribution in [3.05, 3.63) is 63.7 Å². The van der Waals surface area contributed by atoms with Crippen molar-refractivity contribution in [1.29, 1.82) is 0 Å². The Morgan fingerprint density at radius 2 is 1.70 bits per heavy atom. The third-order valence-electron chi connectivity index (χ3n) is 6.67. The van der Waals surface area contributed by atoms with E-state index in [4.69, 9.17) is 16.3 Å². The Balaban J connectivity index is 2.01. The van der Waals surface area contributed by atoms with Crippen molar-refractivity contribution in [3.63, 3.8) is 0 Å². The molecule has 0 aromatic heterocycles. The molecule has 1 fully saturated rings. The molecule has 2 N–H and O–H groups in total. The van der Waals surface area contributed by atoms with E-state index in [2.05, 4.69) is 10.6 Å². The molecule has 2 aromatic rings. The van der Waals surface area contributed by atoms with E-state index in [0.717, 1.165) is 36.0 Å². The van der Waals surface area contributed by atoms with Crippen LogP contribution in [0.1, 0.15) is 75.3 Å². The number of carbonyl (C=O) groups is 3. The number of hydrogen-bond donors (Lipinski definition) is 2. The molecule has 2 aromatic carbocycles. The molecule has 1 aliphatic carbocycles. The van der Waals surface area contributed by atoms with E-state index in [1.165, 1.54) is 0 Å². The minimum Gasteiger partial charge on any atom is -0.444 e. The molecule has 8 heteroatoms. The zero-order chi connectivity index (χ0) is 27.5. The number of aryl methyl sites for hydroxylation is 3. The number of nitrogens with zero attached hydrogens (tertiary/aromatic N) is 1. The van der Waals surface area contributed by atoms with Crippen molar-refractivity contribution >= 4 is 35.2 Å². The molecule has 3 amide bonds. The molecule has 37 heavy (non-hydrogen) atoms. The van der Waals surface area contributed by atoms with E-state index in [-0.39, 0.29) is 17.9 Å². The first kappa shape index (κ1) is 28.5. The lowest BCUT2D eigenvalue weighted by molar-refractivity contribution is -0.145. The molecule has 0 saturated heterocycles. The zero-order valence-corrected chi connectivity index (χ0v) is 23.5. The first-order chi connectivity index (χ1) is 17.3. The number of benzene rings is 2. The number of para-hydroxylation sites is 1. The van der Waals surface area contributed by atoms with Crippen LogP contribution in [0.3, 0.4) is 0 Å². The molecule has 0 spiro atoms. The first-order valence-electron chi connectivity index (χ1n) is 12.7. The zero-order valence-electron chi connectivity index (χ0n) is 22.8. The molecule has 2 atom stereocenters. The van der Waals surface area contributed by atoms with Gasteiger partial charge in [0.2, 0.25) is 5.91 Å². The van der Waals surface area contributed by atoms with Crippen molar-refractivity contribution in [1.82, 2.24) is 10.2 Å². The van der Waals surface area contributed by atoms with E-state index < -0.39 is 23.8 Å². The van der Waals surface area contributed by atoms with Gasteiger partial charge in [-0.25, -0.2) is 4.79 Å². The number of amides is 3. The van der Waals surface area contributed by atoms with Crippen LogP contribution in [-0.2, 0) is 14.3 Å². The average Bonchev–Trinajstić information content (AvgIpc) is 2.75. The Morgan fingerprint density at radius 3 is 2.24 bits per heavy atom. The van der Waals surface area contributed by atoms with Crippen molar-refractivity contribution in [2.75, 3.05) is 5.32 Å². The highest BCUT2D eigenvalue weighted by Crippen LogP contribution is 2.36. The minimum atomic E-state index is -0.907. The summed E-state index contributed by atoms with van der Waals surface area (Å²) < 4.78 is 5.35. The number of carbonyl (C=O) groups excluding carboxylic acids is 3. The molecular weight excluding hydrogens is 490 g/mol. The second-order valence-corrected chi connectivity index (χ2v) is 11.3. The van der Waals surface area contributed by atoms with E-state index in [0.29, 0.717) is 16.3 Å². The maximum atomic E-state index is 14.0. The van der Waals surface area contributed by atoms with Gasteiger partial charge in [-0.05, 0) is 96.0 Å². The summed E-state index contributed by atoms with van der Waals surface area (Å²) >= 11 is 6.42. The van der Waals surface area contributed by atoms with Crippen molar-refractivity contribution < 1.29 is 19.1 Å². The van der Waals surface area contributed by atoms with Crippen molar-refractivity contribution in [2.24, 2.45) is 0 Å². The van der Waals surface area contributed by atoms with Gasteiger partial charge in [0, 0.05) is 6.04 Å². The number of ether oxygens (including phenoxy) is 1. The normalized spacial score (nSPS) is 15.2. The molecule has 2 unspecified atom stereocenters. The predicted octanol–water partition coefficient (Wildman–Crippen LogP) is 6.24. The Morgan fingerprint density at radius 1 is 1.03 bits per heavy atom. The van der Waals surface area contributed by atoms with Crippen LogP contribution in [0.4, 0.5) is 10.5 Å². The number of nitrogens with one attached hydrogen (secondary N) is 2. The summed E-state index contributed by atoms with van der Waals surface area (Å²) in [6.45, 7) is 12.8. The Hall–Kier alpha value is -3.06. The molecular formula is C29H38ClN3O4. The second-order valence-electron chi connectivity index (χ2n) is 10.9. The summed E-state index contributed by atoms with van der Waals surface area (Å²) in [7, 11) is 0. The summed E-state index contributed by atoms with van der Waals surface area (Å²) in [5.41, 5.74) is 3.45. The van der Waals surface area contributed by atoms with Crippen LogP contribution in [0, 0.1) is 20.8 Å². The highest BCUT2D eigenvalue weighted by molar-refractivity contribution is 6.34. The molecule has 3 rings (SSSR count). The van der Waals surface area contributed by atoms with Crippen LogP contribution in [0.5, 0.6) is 0 Å². The molecule has 0 heterocycles. The van der Waals surface area contributed by atoms with Crippen LogP contribution in [-0.4, -0.2) is 40.5 Å². The second kappa shape index (κ2) is 11.5. The monoisotopic (exact) mass is 527 g/mol. The summed E-state index contributed by atoms with van der Waals surface area (Å²) in [6, 6.07) is 9.28. The minimum absolute atomic E-state index is 0.125. The molecule has 0 aliphatic heterocycles. The third-order valence-corrected chi connectivity index (χ3v) is 6.98. The SMILES string of the molecule is Cc1ccc(C(C(=O)Nc2c(C)cccc2Cl)N(C(=O)C(C)NC(=O)OC(C)(C)C)C2CCC2)cc1C. The molecule has 0 bridgehead atoms. The Kier molecular flexibility index (Phi) is 8.90. The molecule has 200 valence electrons.